The van der Waals surface area contributed by atoms with Gasteiger partial charge in [-0.1, -0.05) is 28.1 Å². The predicted octanol–water partition coefficient (Wildman–Crippen LogP) is 3.18. The summed E-state index contributed by atoms with van der Waals surface area (Å²) in [5.41, 5.74) is 1.21. The molecule has 1 saturated heterocycles. The SMILES string of the molecule is Cl.FCC[C@@H](c1cccc(Br)c1)N1CCNCC1. The van der Waals surface area contributed by atoms with Crippen LogP contribution in [0.1, 0.15) is 18.0 Å². The molecular weight excluding hydrogens is 319 g/mol. The van der Waals surface area contributed by atoms with E-state index < -0.39 is 0 Å². The number of hydrogen-bond acceptors (Lipinski definition) is 2. The first kappa shape index (κ1) is 15.9. The van der Waals surface area contributed by atoms with Crippen LogP contribution in [0.4, 0.5) is 4.39 Å². The lowest BCUT2D eigenvalue weighted by molar-refractivity contribution is 0.157. The van der Waals surface area contributed by atoms with Crippen molar-refractivity contribution in [2.75, 3.05) is 32.9 Å². The third-order valence-corrected chi connectivity index (χ3v) is 3.70. The maximum atomic E-state index is 12.7. The lowest BCUT2D eigenvalue weighted by atomic mass is 10.0. The molecule has 102 valence electrons. The van der Waals surface area contributed by atoms with Crippen LogP contribution in [-0.2, 0) is 0 Å². The van der Waals surface area contributed by atoms with Crippen molar-refractivity contribution in [3.8, 4) is 0 Å². The van der Waals surface area contributed by atoms with Crippen LogP contribution in [0.3, 0.4) is 0 Å². The van der Waals surface area contributed by atoms with E-state index in [2.05, 4.69) is 38.3 Å². The second kappa shape index (κ2) is 8.10. The average Bonchev–Trinajstić information content (AvgIpc) is 2.37. The molecule has 1 aliphatic heterocycles. The molecule has 0 aliphatic carbocycles. The molecule has 0 saturated carbocycles. The summed E-state index contributed by atoms with van der Waals surface area (Å²) in [6, 6.07) is 8.43. The molecule has 0 unspecified atom stereocenters. The number of halogens is 3. The van der Waals surface area contributed by atoms with Crippen molar-refractivity contribution in [3.63, 3.8) is 0 Å². The van der Waals surface area contributed by atoms with Gasteiger partial charge in [0.05, 0.1) is 6.67 Å². The number of piperazine rings is 1. The van der Waals surface area contributed by atoms with Crippen LogP contribution in [0.25, 0.3) is 0 Å². The maximum Gasteiger partial charge on any atom is 0.0912 e. The van der Waals surface area contributed by atoms with E-state index in [0.29, 0.717) is 6.42 Å². The standard InChI is InChI=1S/C13H18BrFN2.ClH/c14-12-3-1-2-11(10-12)13(4-5-15)17-8-6-16-7-9-17;/h1-3,10,13,16H,4-9H2;1H/t13-;/m0./s1. The fourth-order valence-corrected chi connectivity index (χ4v) is 2.79. The Kier molecular flexibility index (Phi) is 7.15. The van der Waals surface area contributed by atoms with Crippen LogP contribution >= 0.6 is 28.3 Å². The number of nitrogens with zero attached hydrogens (tertiary/aromatic N) is 1. The van der Waals surface area contributed by atoms with Gasteiger partial charge in [-0.25, -0.2) is 0 Å². The van der Waals surface area contributed by atoms with Gasteiger partial charge in [0.1, 0.15) is 0 Å². The summed E-state index contributed by atoms with van der Waals surface area (Å²) < 4.78 is 13.8. The highest BCUT2D eigenvalue weighted by Crippen LogP contribution is 2.26. The minimum Gasteiger partial charge on any atom is -0.314 e. The normalized spacial score (nSPS) is 18.1. The monoisotopic (exact) mass is 336 g/mol. The highest BCUT2D eigenvalue weighted by molar-refractivity contribution is 9.10. The zero-order chi connectivity index (χ0) is 12.1. The van der Waals surface area contributed by atoms with Crippen molar-refractivity contribution in [2.45, 2.75) is 12.5 Å². The van der Waals surface area contributed by atoms with Gasteiger partial charge in [-0.15, -0.1) is 12.4 Å². The molecule has 0 amide bonds. The smallest absolute Gasteiger partial charge is 0.0912 e. The molecule has 1 fully saturated rings. The van der Waals surface area contributed by atoms with Crippen molar-refractivity contribution < 1.29 is 4.39 Å². The first-order valence-corrected chi connectivity index (χ1v) is 6.87. The molecule has 0 radical (unpaired) electrons. The molecule has 1 aromatic carbocycles. The van der Waals surface area contributed by atoms with Crippen molar-refractivity contribution in [3.05, 3.63) is 34.3 Å². The number of alkyl halides is 1. The molecule has 1 aromatic rings. The molecular formula is C13H19BrClFN2. The summed E-state index contributed by atoms with van der Waals surface area (Å²) in [5.74, 6) is 0. The van der Waals surface area contributed by atoms with Crippen LogP contribution < -0.4 is 5.32 Å². The Morgan fingerprint density at radius 3 is 2.67 bits per heavy atom. The van der Waals surface area contributed by atoms with Crippen LogP contribution in [-0.4, -0.2) is 37.8 Å². The van der Waals surface area contributed by atoms with E-state index in [-0.39, 0.29) is 25.1 Å². The molecule has 5 heteroatoms. The van der Waals surface area contributed by atoms with E-state index >= 15 is 0 Å². The van der Waals surface area contributed by atoms with Crippen molar-refractivity contribution in [2.24, 2.45) is 0 Å². The topological polar surface area (TPSA) is 15.3 Å². The van der Waals surface area contributed by atoms with Crippen molar-refractivity contribution in [1.29, 1.82) is 0 Å². The lowest BCUT2D eigenvalue weighted by Crippen LogP contribution is -2.45. The van der Waals surface area contributed by atoms with E-state index in [1.54, 1.807) is 0 Å². The Hall–Kier alpha value is -0.160. The molecule has 2 rings (SSSR count). The van der Waals surface area contributed by atoms with Gasteiger partial charge in [0.25, 0.3) is 0 Å². The lowest BCUT2D eigenvalue weighted by Gasteiger charge is -2.35. The predicted molar refractivity (Wildman–Crippen MR) is 79.2 cm³/mol. The molecule has 0 aromatic heterocycles. The Balaban J connectivity index is 0.00000162. The molecule has 18 heavy (non-hydrogen) atoms. The van der Waals surface area contributed by atoms with Gasteiger partial charge in [-0.2, -0.15) is 0 Å². The van der Waals surface area contributed by atoms with E-state index in [0.717, 1.165) is 30.7 Å². The van der Waals surface area contributed by atoms with Crippen LogP contribution in [0, 0.1) is 0 Å². The first-order valence-electron chi connectivity index (χ1n) is 6.07. The summed E-state index contributed by atoms with van der Waals surface area (Å²) in [6.07, 6.45) is 0.580. The number of benzene rings is 1. The third kappa shape index (κ3) is 4.19. The zero-order valence-electron chi connectivity index (χ0n) is 10.2. The summed E-state index contributed by atoms with van der Waals surface area (Å²) >= 11 is 3.48. The van der Waals surface area contributed by atoms with Crippen LogP contribution in [0.15, 0.2) is 28.7 Å². The Labute approximate surface area is 122 Å². The number of hydrogen-bond donors (Lipinski definition) is 1. The molecule has 2 nitrogen and oxygen atoms in total. The van der Waals surface area contributed by atoms with Crippen molar-refractivity contribution in [1.82, 2.24) is 10.2 Å². The van der Waals surface area contributed by atoms with Gasteiger partial charge in [-0.05, 0) is 24.1 Å². The van der Waals surface area contributed by atoms with Crippen molar-refractivity contribution >= 4 is 28.3 Å². The summed E-state index contributed by atoms with van der Waals surface area (Å²) in [5, 5.41) is 3.33. The highest BCUT2D eigenvalue weighted by Gasteiger charge is 2.21. The zero-order valence-corrected chi connectivity index (χ0v) is 12.6. The third-order valence-electron chi connectivity index (χ3n) is 3.21. The van der Waals surface area contributed by atoms with Crippen LogP contribution in [0.2, 0.25) is 0 Å². The minimum absolute atomic E-state index is 0. The highest BCUT2D eigenvalue weighted by atomic mass is 79.9. The van der Waals surface area contributed by atoms with Gasteiger partial charge in [0.2, 0.25) is 0 Å². The number of nitrogens with one attached hydrogen (secondary N) is 1. The second-order valence-electron chi connectivity index (χ2n) is 4.33. The summed E-state index contributed by atoms with van der Waals surface area (Å²) in [7, 11) is 0. The largest absolute Gasteiger partial charge is 0.314 e. The Morgan fingerprint density at radius 1 is 1.33 bits per heavy atom. The molecule has 1 atom stereocenters. The maximum absolute atomic E-state index is 12.7. The van der Waals surface area contributed by atoms with E-state index in [1.165, 1.54) is 5.56 Å². The van der Waals surface area contributed by atoms with E-state index in [4.69, 9.17) is 0 Å². The molecule has 0 spiro atoms. The average molecular weight is 338 g/mol. The quantitative estimate of drug-likeness (QED) is 0.908. The summed E-state index contributed by atoms with van der Waals surface area (Å²) in [4.78, 5) is 2.37. The molecule has 0 bridgehead atoms. The van der Waals surface area contributed by atoms with Crippen LogP contribution in [0.5, 0.6) is 0 Å². The van der Waals surface area contributed by atoms with Gasteiger partial charge in [-0.3, -0.25) is 9.29 Å². The van der Waals surface area contributed by atoms with Gasteiger partial charge < -0.3 is 5.32 Å². The molecule has 1 N–H and O–H groups in total. The van der Waals surface area contributed by atoms with E-state index in [9.17, 15) is 4.39 Å². The first-order chi connectivity index (χ1) is 8.31. The Morgan fingerprint density at radius 2 is 2.06 bits per heavy atom. The minimum atomic E-state index is -0.263. The fourth-order valence-electron chi connectivity index (χ4n) is 2.37. The van der Waals surface area contributed by atoms with Gasteiger partial charge in [0, 0.05) is 36.7 Å². The molecule has 1 aliphatic rings. The summed E-state index contributed by atoms with van der Waals surface area (Å²) in [6.45, 7) is 3.73. The Bertz CT molecular complexity index is 359. The fraction of sp³-hybridized carbons (Fsp3) is 0.538. The van der Waals surface area contributed by atoms with Gasteiger partial charge in [0.15, 0.2) is 0 Å². The van der Waals surface area contributed by atoms with E-state index in [1.807, 2.05) is 12.1 Å². The van der Waals surface area contributed by atoms with Gasteiger partial charge >= 0.3 is 0 Å². The second-order valence-corrected chi connectivity index (χ2v) is 5.25. The number of rotatable bonds is 4. The molecule has 1 heterocycles.